The van der Waals surface area contributed by atoms with Crippen LogP contribution in [-0.2, 0) is 11.4 Å². The van der Waals surface area contributed by atoms with Crippen LogP contribution in [0.25, 0.3) is 5.69 Å². The lowest BCUT2D eigenvalue weighted by Gasteiger charge is -2.25. The molecule has 120 valence electrons. The van der Waals surface area contributed by atoms with E-state index in [1.54, 1.807) is 0 Å². The molecule has 2 aromatic rings. The zero-order chi connectivity index (χ0) is 16.5. The summed E-state index contributed by atoms with van der Waals surface area (Å²) < 4.78 is 17.0. The van der Waals surface area contributed by atoms with Crippen LogP contribution in [0.4, 0.5) is 0 Å². The van der Waals surface area contributed by atoms with Crippen LogP contribution in [-0.4, -0.2) is 18.9 Å². The summed E-state index contributed by atoms with van der Waals surface area (Å²) in [6.07, 6.45) is 1.97. The molecule has 1 unspecified atom stereocenters. The fourth-order valence-corrected chi connectivity index (χ4v) is 2.89. The van der Waals surface area contributed by atoms with Crippen LogP contribution in [0.5, 0.6) is 0 Å². The zero-order valence-electron chi connectivity index (χ0n) is 13.6. The average Bonchev–Trinajstić information content (AvgIpc) is 2.81. The Bertz CT molecular complexity index is 634. The molecule has 1 aromatic heterocycles. The molecule has 0 aliphatic carbocycles. The molecule has 2 atom stereocenters. The van der Waals surface area contributed by atoms with Crippen LogP contribution >= 0.6 is 11.6 Å². The van der Waals surface area contributed by atoms with E-state index in [2.05, 4.69) is 9.71 Å². The van der Waals surface area contributed by atoms with Gasteiger partial charge in [0.15, 0.2) is 0 Å². The van der Waals surface area contributed by atoms with Gasteiger partial charge in [0.25, 0.3) is 0 Å². The van der Waals surface area contributed by atoms with Crippen LogP contribution in [0.15, 0.2) is 30.5 Å². The van der Waals surface area contributed by atoms with Gasteiger partial charge in [-0.2, -0.15) is 0 Å². The van der Waals surface area contributed by atoms with Gasteiger partial charge < -0.3 is 9.12 Å². The standard InChI is InChI=1S/C16H22ClN3OS/c1-11(19-22(21)16(3,4)5)15-10-20(12(2)18-15)14-8-6-13(17)7-9-14/h6-11,19H,1-5H3/t11-,22?/m0/s1. The Kier molecular flexibility index (Phi) is 5.22. The van der Waals surface area contributed by atoms with Gasteiger partial charge in [-0.1, -0.05) is 11.6 Å². The molecule has 0 bridgehead atoms. The summed E-state index contributed by atoms with van der Waals surface area (Å²) in [6, 6.07) is 7.52. The van der Waals surface area contributed by atoms with Gasteiger partial charge in [-0.3, -0.25) is 0 Å². The molecule has 4 nitrogen and oxygen atoms in total. The molecule has 0 aliphatic rings. The van der Waals surface area contributed by atoms with Gasteiger partial charge in [-0.25, -0.2) is 4.98 Å². The van der Waals surface area contributed by atoms with Crippen LogP contribution in [0, 0.1) is 6.92 Å². The largest absolute Gasteiger partial charge is 0.598 e. The molecule has 0 amide bonds. The second-order valence-electron chi connectivity index (χ2n) is 6.28. The van der Waals surface area contributed by atoms with Gasteiger partial charge in [0.1, 0.15) is 10.6 Å². The van der Waals surface area contributed by atoms with Gasteiger partial charge in [0, 0.05) is 28.3 Å². The Morgan fingerprint density at radius 2 is 1.86 bits per heavy atom. The maximum atomic E-state index is 12.2. The topological polar surface area (TPSA) is 52.9 Å². The third-order valence-corrected chi connectivity index (χ3v) is 5.22. The maximum absolute atomic E-state index is 12.2. The van der Waals surface area contributed by atoms with Crippen molar-refractivity contribution in [2.24, 2.45) is 0 Å². The van der Waals surface area contributed by atoms with E-state index >= 15 is 0 Å². The maximum Gasteiger partial charge on any atom is 0.136 e. The van der Waals surface area contributed by atoms with Crippen molar-refractivity contribution in [3.05, 3.63) is 47.0 Å². The van der Waals surface area contributed by atoms with E-state index in [9.17, 15) is 4.55 Å². The first-order chi connectivity index (χ1) is 10.2. The highest BCUT2D eigenvalue weighted by Crippen LogP contribution is 2.21. The Morgan fingerprint density at radius 1 is 1.27 bits per heavy atom. The molecule has 0 fully saturated rings. The van der Waals surface area contributed by atoms with Gasteiger partial charge in [-0.05, 0) is 58.9 Å². The van der Waals surface area contributed by atoms with E-state index in [0.717, 1.165) is 17.2 Å². The van der Waals surface area contributed by atoms with E-state index in [0.29, 0.717) is 5.02 Å². The van der Waals surface area contributed by atoms with E-state index in [1.807, 2.05) is 69.6 Å². The highest BCUT2D eigenvalue weighted by Gasteiger charge is 2.29. The van der Waals surface area contributed by atoms with Crippen molar-refractivity contribution in [2.75, 3.05) is 0 Å². The molecule has 2 rings (SSSR count). The highest BCUT2D eigenvalue weighted by atomic mass is 35.5. The third kappa shape index (κ3) is 4.04. The monoisotopic (exact) mass is 339 g/mol. The molecule has 1 N–H and O–H groups in total. The molecule has 6 heteroatoms. The second kappa shape index (κ2) is 6.62. The van der Waals surface area contributed by atoms with Crippen LogP contribution < -0.4 is 4.72 Å². The van der Waals surface area contributed by atoms with Crippen molar-refractivity contribution in [3.8, 4) is 5.69 Å². The summed E-state index contributed by atoms with van der Waals surface area (Å²) >= 11 is 4.80. The number of rotatable bonds is 4. The van der Waals surface area contributed by atoms with E-state index < -0.39 is 11.4 Å². The molecular weight excluding hydrogens is 318 g/mol. The first kappa shape index (κ1) is 17.3. The minimum Gasteiger partial charge on any atom is -0.598 e. The lowest BCUT2D eigenvalue weighted by Crippen LogP contribution is -2.40. The molecule has 0 saturated heterocycles. The quantitative estimate of drug-likeness (QED) is 0.858. The normalized spacial score (nSPS) is 14.9. The number of halogens is 1. The van der Waals surface area contributed by atoms with Crippen molar-refractivity contribution < 1.29 is 4.55 Å². The fourth-order valence-electron chi connectivity index (χ4n) is 1.96. The highest BCUT2D eigenvalue weighted by molar-refractivity contribution is 7.90. The lowest BCUT2D eigenvalue weighted by atomic mass is 10.3. The van der Waals surface area contributed by atoms with Crippen LogP contribution in [0.3, 0.4) is 0 Å². The Balaban J connectivity index is 2.20. The van der Waals surface area contributed by atoms with Crippen molar-refractivity contribution >= 4 is 23.0 Å². The number of aryl methyl sites for hydroxylation is 1. The van der Waals surface area contributed by atoms with Gasteiger partial charge >= 0.3 is 0 Å². The fraction of sp³-hybridized carbons (Fsp3) is 0.438. The number of nitrogens with zero attached hydrogens (tertiary/aromatic N) is 2. The molecule has 0 saturated carbocycles. The second-order valence-corrected chi connectivity index (χ2v) is 8.71. The number of nitrogens with one attached hydrogen (secondary N) is 1. The van der Waals surface area contributed by atoms with Gasteiger partial charge in [-0.15, -0.1) is 4.72 Å². The van der Waals surface area contributed by atoms with Gasteiger partial charge in [0.2, 0.25) is 0 Å². The Hall–Kier alpha value is -1.01. The van der Waals surface area contributed by atoms with Crippen molar-refractivity contribution in [1.29, 1.82) is 0 Å². The average molecular weight is 340 g/mol. The molecule has 22 heavy (non-hydrogen) atoms. The molecule has 0 radical (unpaired) electrons. The summed E-state index contributed by atoms with van der Waals surface area (Å²) in [4.78, 5) is 4.58. The van der Waals surface area contributed by atoms with Crippen LogP contribution in [0.2, 0.25) is 5.02 Å². The summed E-state index contributed by atoms with van der Waals surface area (Å²) in [5.41, 5.74) is 1.87. The first-order valence-corrected chi connectivity index (χ1v) is 8.71. The van der Waals surface area contributed by atoms with E-state index in [1.165, 1.54) is 0 Å². The molecule has 0 aliphatic heterocycles. The molecular formula is C16H22ClN3OS. The number of hydrogen-bond acceptors (Lipinski definition) is 3. The predicted octanol–water partition coefficient (Wildman–Crippen LogP) is 3.95. The van der Waals surface area contributed by atoms with Crippen LogP contribution in [0.1, 0.15) is 45.3 Å². The first-order valence-electron chi connectivity index (χ1n) is 7.18. The smallest absolute Gasteiger partial charge is 0.136 e. The number of imidazole rings is 1. The van der Waals surface area contributed by atoms with Gasteiger partial charge in [0.05, 0.1) is 11.7 Å². The predicted molar refractivity (Wildman–Crippen MR) is 92.8 cm³/mol. The van der Waals surface area contributed by atoms with E-state index in [-0.39, 0.29) is 10.8 Å². The summed E-state index contributed by atoms with van der Waals surface area (Å²) in [5.74, 6) is 0.882. The van der Waals surface area contributed by atoms with Crippen molar-refractivity contribution in [1.82, 2.24) is 14.3 Å². The molecule has 0 spiro atoms. The Labute approximate surface area is 140 Å². The third-order valence-electron chi connectivity index (χ3n) is 3.29. The number of aromatic nitrogens is 2. The summed E-state index contributed by atoms with van der Waals surface area (Å²) in [6.45, 7) is 9.75. The minimum absolute atomic E-state index is 0.0905. The molecule has 1 heterocycles. The Morgan fingerprint density at radius 3 is 2.41 bits per heavy atom. The summed E-state index contributed by atoms with van der Waals surface area (Å²) in [7, 11) is 0. The minimum atomic E-state index is -1.13. The molecule has 1 aromatic carbocycles. The van der Waals surface area contributed by atoms with E-state index in [4.69, 9.17) is 11.6 Å². The number of benzene rings is 1. The summed E-state index contributed by atoms with van der Waals surface area (Å²) in [5, 5.41) is 0.706. The van der Waals surface area contributed by atoms with Crippen molar-refractivity contribution in [3.63, 3.8) is 0 Å². The number of hydrogen-bond donors (Lipinski definition) is 1. The zero-order valence-corrected chi connectivity index (χ0v) is 15.1. The van der Waals surface area contributed by atoms with Crippen molar-refractivity contribution in [2.45, 2.75) is 45.4 Å². The lowest BCUT2D eigenvalue weighted by molar-refractivity contribution is 0.529. The SMILES string of the molecule is Cc1nc([C@H](C)N[S+]([O-])C(C)(C)C)cn1-c1ccc(Cl)cc1.